The summed E-state index contributed by atoms with van der Waals surface area (Å²) >= 11 is 0. The molecule has 0 aromatic heterocycles. The summed E-state index contributed by atoms with van der Waals surface area (Å²) in [5, 5.41) is 2.52. The third-order valence-electron chi connectivity index (χ3n) is 2.36. The second-order valence-corrected chi connectivity index (χ2v) is 6.03. The maximum absolute atomic E-state index is 11.2. The van der Waals surface area contributed by atoms with E-state index in [9.17, 15) is 13.2 Å². The molecule has 6 nitrogen and oxygen atoms in total. The number of amides is 1. The SMILES string of the molecule is O=C(NC1CCS(=O)(=O)C1)OCC1CO1. The van der Waals surface area contributed by atoms with Crippen molar-refractivity contribution >= 4 is 15.9 Å². The first kappa shape index (κ1) is 10.7. The first-order chi connectivity index (χ1) is 7.05. The van der Waals surface area contributed by atoms with Crippen LogP contribution in [-0.2, 0) is 19.3 Å². The molecule has 0 aromatic carbocycles. The third kappa shape index (κ3) is 3.35. The summed E-state index contributed by atoms with van der Waals surface area (Å²) in [5.41, 5.74) is 0. The lowest BCUT2D eigenvalue weighted by Crippen LogP contribution is -2.36. The van der Waals surface area contributed by atoms with Gasteiger partial charge in [0.15, 0.2) is 9.84 Å². The molecule has 2 atom stereocenters. The molecule has 7 heteroatoms. The topological polar surface area (TPSA) is 85.0 Å². The minimum atomic E-state index is -2.95. The van der Waals surface area contributed by atoms with Crippen LogP contribution in [0.3, 0.4) is 0 Å². The molecule has 1 amide bonds. The van der Waals surface area contributed by atoms with Crippen LogP contribution in [0.1, 0.15) is 6.42 Å². The molecule has 2 rings (SSSR count). The van der Waals surface area contributed by atoms with E-state index in [1.807, 2.05) is 0 Å². The van der Waals surface area contributed by atoms with E-state index in [-0.39, 0.29) is 30.3 Å². The van der Waals surface area contributed by atoms with Crippen molar-refractivity contribution in [1.82, 2.24) is 5.32 Å². The zero-order valence-electron chi connectivity index (χ0n) is 8.14. The molecular formula is C8H13NO5S. The Morgan fingerprint density at radius 2 is 2.27 bits per heavy atom. The Hall–Kier alpha value is -0.820. The summed E-state index contributed by atoms with van der Waals surface area (Å²) in [5.74, 6) is 0.158. The van der Waals surface area contributed by atoms with Gasteiger partial charge < -0.3 is 14.8 Å². The van der Waals surface area contributed by atoms with Crippen LogP contribution in [-0.4, -0.2) is 51.4 Å². The highest BCUT2D eigenvalue weighted by atomic mass is 32.2. The molecule has 2 heterocycles. The number of ether oxygens (including phenoxy) is 2. The molecule has 2 aliphatic heterocycles. The Balaban J connectivity index is 1.69. The molecule has 2 aliphatic rings. The lowest BCUT2D eigenvalue weighted by molar-refractivity contribution is 0.133. The van der Waals surface area contributed by atoms with Crippen LogP contribution < -0.4 is 5.32 Å². The first-order valence-electron chi connectivity index (χ1n) is 4.80. The predicted molar refractivity (Wildman–Crippen MR) is 51.3 cm³/mol. The molecule has 0 aromatic rings. The molecule has 2 saturated heterocycles. The van der Waals surface area contributed by atoms with Crippen LogP contribution in [0.4, 0.5) is 4.79 Å². The van der Waals surface area contributed by atoms with Crippen LogP contribution in [0.2, 0.25) is 0 Å². The highest BCUT2D eigenvalue weighted by molar-refractivity contribution is 7.91. The Morgan fingerprint density at radius 1 is 1.53 bits per heavy atom. The highest BCUT2D eigenvalue weighted by Crippen LogP contribution is 2.12. The van der Waals surface area contributed by atoms with Crippen molar-refractivity contribution in [2.75, 3.05) is 24.7 Å². The van der Waals surface area contributed by atoms with Crippen LogP contribution in [0.25, 0.3) is 0 Å². The van der Waals surface area contributed by atoms with Crippen molar-refractivity contribution in [3.63, 3.8) is 0 Å². The van der Waals surface area contributed by atoms with Gasteiger partial charge in [-0.05, 0) is 6.42 Å². The van der Waals surface area contributed by atoms with Gasteiger partial charge in [0.2, 0.25) is 0 Å². The average molecular weight is 235 g/mol. The van der Waals surface area contributed by atoms with E-state index in [4.69, 9.17) is 9.47 Å². The number of rotatable bonds is 3. The van der Waals surface area contributed by atoms with Gasteiger partial charge in [0, 0.05) is 6.04 Å². The number of carbonyl (C=O) groups excluding carboxylic acids is 1. The van der Waals surface area contributed by atoms with Gasteiger partial charge in [-0.2, -0.15) is 0 Å². The lowest BCUT2D eigenvalue weighted by Gasteiger charge is -2.10. The standard InChI is InChI=1S/C8H13NO5S/c10-8(14-4-7-3-13-7)9-6-1-2-15(11,12)5-6/h6-7H,1-5H2,(H,9,10). The van der Waals surface area contributed by atoms with E-state index in [0.717, 1.165) is 0 Å². The van der Waals surface area contributed by atoms with Gasteiger partial charge >= 0.3 is 6.09 Å². The van der Waals surface area contributed by atoms with E-state index in [2.05, 4.69) is 5.32 Å². The van der Waals surface area contributed by atoms with E-state index in [0.29, 0.717) is 13.0 Å². The molecule has 2 fully saturated rings. The van der Waals surface area contributed by atoms with Crippen LogP contribution in [0.5, 0.6) is 0 Å². The summed E-state index contributed by atoms with van der Waals surface area (Å²) < 4.78 is 31.9. The van der Waals surface area contributed by atoms with Crippen molar-refractivity contribution in [3.8, 4) is 0 Å². The van der Waals surface area contributed by atoms with Gasteiger partial charge in [-0.3, -0.25) is 0 Å². The Kier molecular flexibility index (Phi) is 2.83. The Bertz CT molecular complexity index is 348. The molecule has 0 spiro atoms. The van der Waals surface area contributed by atoms with Gasteiger partial charge in [-0.1, -0.05) is 0 Å². The van der Waals surface area contributed by atoms with Crippen molar-refractivity contribution in [1.29, 1.82) is 0 Å². The van der Waals surface area contributed by atoms with Gasteiger partial charge in [0.05, 0.1) is 18.1 Å². The van der Waals surface area contributed by atoms with Gasteiger partial charge in [0.25, 0.3) is 0 Å². The van der Waals surface area contributed by atoms with Crippen LogP contribution in [0, 0.1) is 0 Å². The maximum Gasteiger partial charge on any atom is 0.407 e. The summed E-state index contributed by atoms with van der Waals surface area (Å²) in [6, 6.07) is -0.303. The number of alkyl carbamates (subject to hydrolysis) is 1. The van der Waals surface area contributed by atoms with E-state index >= 15 is 0 Å². The molecular weight excluding hydrogens is 222 g/mol. The molecule has 15 heavy (non-hydrogen) atoms. The van der Waals surface area contributed by atoms with Crippen molar-refractivity contribution in [2.45, 2.75) is 18.6 Å². The molecule has 1 N–H and O–H groups in total. The van der Waals surface area contributed by atoms with Gasteiger partial charge in [0.1, 0.15) is 12.7 Å². The van der Waals surface area contributed by atoms with Crippen molar-refractivity contribution in [3.05, 3.63) is 0 Å². The van der Waals surface area contributed by atoms with Crippen molar-refractivity contribution < 1.29 is 22.7 Å². The van der Waals surface area contributed by atoms with Crippen molar-refractivity contribution in [2.24, 2.45) is 0 Å². The third-order valence-corrected chi connectivity index (χ3v) is 4.13. The summed E-state index contributed by atoms with van der Waals surface area (Å²) in [6.07, 6.45) is -0.0622. The number of sulfone groups is 1. The summed E-state index contributed by atoms with van der Waals surface area (Å²) in [4.78, 5) is 11.2. The molecule has 0 aliphatic carbocycles. The number of hydrogen-bond acceptors (Lipinski definition) is 5. The first-order valence-corrected chi connectivity index (χ1v) is 6.63. The van der Waals surface area contributed by atoms with E-state index < -0.39 is 15.9 Å². The largest absolute Gasteiger partial charge is 0.447 e. The van der Waals surface area contributed by atoms with Gasteiger partial charge in [-0.15, -0.1) is 0 Å². The van der Waals surface area contributed by atoms with Gasteiger partial charge in [-0.25, -0.2) is 13.2 Å². The Labute approximate surface area is 87.8 Å². The fraction of sp³-hybridized carbons (Fsp3) is 0.875. The lowest BCUT2D eigenvalue weighted by atomic mass is 10.3. The monoisotopic (exact) mass is 235 g/mol. The number of epoxide rings is 1. The second kappa shape index (κ2) is 3.97. The quantitative estimate of drug-likeness (QED) is 0.654. The fourth-order valence-electron chi connectivity index (χ4n) is 1.45. The number of nitrogens with one attached hydrogen (secondary N) is 1. The smallest absolute Gasteiger partial charge is 0.407 e. The molecule has 2 unspecified atom stereocenters. The summed E-state index contributed by atoms with van der Waals surface area (Å²) in [6.45, 7) is 0.871. The molecule has 0 saturated carbocycles. The normalized spacial score (nSPS) is 32.3. The minimum Gasteiger partial charge on any atom is -0.447 e. The molecule has 86 valence electrons. The zero-order valence-corrected chi connectivity index (χ0v) is 8.96. The highest BCUT2D eigenvalue weighted by Gasteiger charge is 2.30. The van der Waals surface area contributed by atoms with E-state index in [1.165, 1.54) is 0 Å². The number of carbonyl (C=O) groups is 1. The minimum absolute atomic E-state index is 0.0159. The molecule has 0 radical (unpaired) electrons. The average Bonchev–Trinajstić information content (AvgIpc) is 2.89. The fourth-order valence-corrected chi connectivity index (χ4v) is 3.12. The Morgan fingerprint density at radius 3 is 2.80 bits per heavy atom. The predicted octanol–water partition coefficient (Wildman–Crippen LogP) is -0.702. The van der Waals surface area contributed by atoms with Crippen LogP contribution >= 0.6 is 0 Å². The summed E-state index contributed by atoms with van der Waals surface area (Å²) in [7, 11) is -2.95. The maximum atomic E-state index is 11.2. The molecule has 0 bridgehead atoms. The number of hydrogen-bond donors (Lipinski definition) is 1. The second-order valence-electron chi connectivity index (χ2n) is 3.80. The zero-order chi connectivity index (χ0) is 10.9. The van der Waals surface area contributed by atoms with Crippen LogP contribution in [0.15, 0.2) is 0 Å². The van der Waals surface area contributed by atoms with E-state index in [1.54, 1.807) is 0 Å².